The number of nitrogens with zero attached hydrogens (tertiary/aromatic N) is 2. The van der Waals surface area contributed by atoms with E-state index in [9.17, 15) is 0 Å². The number of aromatic nitrogens is 2. The molecule has 88 valence electrons. The predicted molar refractivity (Wildman–Crippen MR) is 62.8 cm³/mol. The molecule has 2 rings (SSSR count). The van der Waals surface area contributed by atoms with Crippen molar-refractivity contribution >= 4 is 0 Å². The fourth-order valence-corrected chi connectivity index (χ4v) is 1.79. The molecule has 4 nitrogen and oxygen atoms in total. The van der Waals surface area contributed by atoms with Gasteiger partial charge >= 0.3 is 6.01 Å². The lowest BCUT2D eigenvalue weighted by Gasteiger charge is -2.13. The summed E-state index contributed by atoms with van der Waals surface area (Å²) in [5.41, 5.74) is 2.02. The summed E-state index contributed by atoms with van der Waals surface area (Å²) >= 11 is 0. The second-order valence-corrected chi connectivity index (χ2v) is 4.60. The van der Waals surface area contributed by atoms with E-state index in [4.69, 9.17) is 4.74 Å². The van der Waals surface area contributed by atoms with Gasteiger partial charge in [0.15, 0.2) is 0 Å². The summed E-state index contributed by atoms with van der Waals surface area (Å²) in [5.74, 6) is 0.408. The van der Waals surface area contributed by atoms with E-state index in [2.05, 4.69) is 29.1 Å². The van der Waals surface area contributed by atoms with Crippen LogP contribution in [0.15, 0.2) is 6.07 Å². The van der Waals surface area contributed by atoms with E-state index < -0.39 is 0 Å². The molecule has 16 heavy (non-hydrogen) atoms. The Morgan fingerprint density at radius 3 is 2.88 bits per heavy atom. The largest absolute Gasteiger partial charge is 0.459 e. The Hall–Kier alpha value is -1.16. The minimum absolute atomic E-state index is 0.224. The molecular formula is C12H19N3O. The zero-order valence-corrected chi connectivity index (χ0v) is 10.2. The third-order valence-electron chi connectivity index (χ3n) is 2.73. The van der Waals surface area contributed by atoms with Gasteiger partial charge in [-0.3, -0.25) is 0 Å². The fraction of sp³-hybridized carbons (Fsp3) is 0.667. The van der Waals surface area contributed by atoms with Crippen LogP contribution in [0.25, 0.3) is 0 Å². The number of hydrogen-bond donors (Lipinski definition) is 1. The van der Waals surface area contributed by atoms with Crippen molar-refractivity contribution in [3.8, 4) is 6.01 Å². The van der Waals surface area contributed by atoms with Gasteiger partial charge < -0.3 is 10.1 Å². The molecule has 0 amide bonds. The van der Waals surface area contributed by atoms with Crippen molar-refractivity contribution in [2.24, 2.45) is 0 Å². The maximum Gasteiger partial charge on any atom is 0.317 e. The molecule has 0 aliphatic carbocycles. The van der Waals surface area contributed by atoms with Crippen LogP contribution in [0, 0.1) is 6.92 Å². The van der Waals surface area contributed by atoms with Gasteiger partial charge in [0.25, 0.3) is 0 Å². The lowest BCUT2D eigenvalue weighted by molar-refractivity contribution is 0.203. The average molecular weight is 221 g/mol. The Balaban J connectivity index is 2.13. The predicted octanol–water partition coefficient (Wildman–Crippen LogP) is 1.65. The highest BCUT2D eigenvalue weighted by Crippen LogP contribution is 2.17. The van der Waals surface area contributed by atoms with Crippen molar-refractivity contribution in [3.05, 3.63) is 17.5 Å². The summed E-state index contributed by atoms with van der Waals surface area (Å²) in [6.45, 7) is 8.15. The summed E-state index contributed by atoms with van der Waals surface area (Å²) in [6.07, 6.45) is 1.26. The number of aryl methyl sites for hydroxylation is 1. The van der Waals surface area contributed by atoms with Crippen LogP contribution < -0.4 is 10.1 Å². The first kappa shape index (κ1) is 11.3. The number of ether oxygens (including phenoxy) is 1. The highest BCUT2D eigenvalue weighted by Gasteiger charge is 2.17. The second-order valence-electron chi connectivity index (χ2n) is 4.60. The van der Waals surface area contributed by atoms with E-state index in [1.165, 1.54) is 0 Å². The summed E-state index contributed by atoms with van der Waals surface area (Å²) in [6, 6.07) is 2.54. The maximum absolute atomic E-state index is 5.76. The minimum Gasteiger partial charge on any atom is -0.459 e. The van der Waals surface area contributed by atoms with Crippen molar-refractivity contribution in [1.82, 2.24) is 15.3 Å². The maximum atomic E-state index is 5.76. The highest BCUT2D eigenvalue weighted by molar-refractivity contribution is 5.15. The molecule has 1 unspecified atom stereocenters. The number of rotatable bonds is 3. The smallest absolute Gasteiger partial charge is 0.317 e. The quantitative estimate of drug-likeness (QED) is 0.843. The first-order chi connectivity index (χ1) is 7.65. The number of nitrogens with one attached hydrogen (secondary N) is 1. The van der Waals surface area contributed by atoms with Crippen LogP contribution in [0.1, 0.15) is 37.6 Å². The molecule has 0 radical (unpaired) electrons. The van der Waals surface area contributed by atoms with Crippen molar-refractivity contribution in [2.75, 3.05) is 13.1 Å². The van der Waals surface area contributed by atoms with E-state index in [0.717, 1.165) is 30.9 Å². The molecule has 0 bridgehead atoms. The normalized spacial score (nSPS) is 20.4. The zero-order chi connectivity index (χ0) is 11.5. The van der Waals surface area contributed by atoms with Crippen LogP contribution in [0.3, 0.4) is 0 Å². The molecule has 1 aromatic rings. The van der Waals surface area contributed by atoms with Crippen LogP contribution in [0.4, 0.5) is 0 Å². The van der Waals surface area contributed by atoms with E-state index in [-0.39, 0.29) is 6.10 Å². The molecule has 0 saturated carbocycles. The standard InChI is InChI=1S/C12H19N3O/c1-8(2)11-6-9(3)14-12(15-11)16-10-4-5-13-7-10/h6,8,10,13H,4-5,7H2,1-3H3. The SMILES string of the molecule is Cc1cc(C(C)C)nc(OC2CCNC2)n1. The topological polar surface area (TPSA) is 47.0 Å². The molecule has 1 fully saturated rings. The van der Waals surface area contributed by atoms with E-state index in [1.54, 1.807) is 0 Å². The first-order valence-corrected chi connectivity index (χ1v) is 5.88. The van der Waals surface area contributed by atoms with Gasteiger partial charge in [-0.25, -0.2) is 4.98 Å². The highest BCUT2D eigenvalue weighted by atomic mass is 16.5. The lowest BCUT2D eigenvalue weighted by atomic mass is 10.1. The Kier molecular flexibility index (Phi) is 3.39. The van der Waals surface area contributed by atoms with Crippen LogP contribution >= 0.6 is 0 Å². The van der Waals surface area contributed by atoms with Crippen molar-refractivity contribution in [3.63, 3.8) is 0 Å². The molecule has 4 heteroatoms. The van der Waals surface area contributed by atoms with E-state index in [1.807, 2.05) is 13.0 Å². The average Bonchev–Trinajstić information content (AvgIpc) is 2.69. The van der Waals surface area contributed by atoms with Crippen molar-refractivity contribution in [1.29, 1.82) is 0 Å². The third kappa shape index (κ3) is 2.70. The van der Waals surface area contributed by atoms with Gasteiger partial charge in [0, 0.05) is 12.2 Å². The van der Waals surface area contributed by atoms with Gasteiger partial charge in [-0.2, -0.15) is 4.98 Å². The molecule has 1 aliphatic rings. The molecule has 1 aliphatic heterocycles. The molecule has 1 saturated heterocycles. The van der Waals surface area contributed by atoms with Gasteiger partial charge in [-0.15, -0.1) is 0 Å². The molecule has 2 heterocycles. The summed E-state index contributed by atoms with van der Waals surface area (Å²) in [4.78, 5) is 8.75. The molecular weight excluding hydrogens is 202 g/mol. The molecule has 1 N–H and O–H groups in total. The van der Waals surface area contributed by atoms with Crippen molar-refractivity contribution < 1.29 is 4.74 Å². The van der Waals surface area contributed by atoms with E-state index >= 15 is 0 Å². The van der Waals surface area contributed by atoms with Gasteiger partial charge in [0.1, 0.15) is 6.10 Å². The van der Waals surface area contributed by atoms with Gasteiger partial charge in [0.05, 0.1) is 5.69 Å². The third-order valence-corrected chi connectivity index (χ3v) is 2.73. The molecule has 0 spiro atoms. The summed E-state index contributed by atoms with van der Waals surface area (Å²) in [5, 5.41) is 3.26. The summed E-state index contributed by atoms with van der Waals surface area (Å²) in [7, 11) is 0. The van der Waals surface area contributed by atoms with Crippen LogP contribution in [0.5, 0.6) is 6.01 Å². The first-order valence-electron chi connectivity index (χ1n) is 5.88. The second kappa shape index (κ2) is 4.78. The Bertz CT molecular complexity index is 359. The molecule has 0 aromatic carbocycles. The van der Waals surface area contributed by atoms with Gasteiger partial charge in [-0.05, 0) is 31.9 Å². The Morgan fingerprint density at radius 2 is 2.25 bits per heavy atom. The van der Waals surface area contributed by atoms with Gasteiger partial charge in [-0.1, -0.05) is 13.8 Å². The number of hydrogen-bond acceptors (Lipinski definition) is 4. The van der Waals surface area contributed by atoms with Crippen LogP contribution in [0.2, 0.25) is 0 Å². The zero-order valence-electron chi connectivity index (χ0n) is 10.2. The Labute approximate surface area is 96.4 Å². The van der Waals surface area contributed by atoms with E-state index in [0.29, 0.717) is 11.9 Å². The Morgan fingerprint density at radius 1 is 1.44 bits per heavy atom. The molecule has 1 atom stereocenters. The fourth-order valence-electron chi connectivity index (χ4n) is 1.79. The summed E-state index contributed by atoms with van der Waals surface area (Å²) < 4.78 is 5.76. The lowest BCUT2D eigenvalue weighted by Crippen LogP contribution is -2.21. The van der Waals surface area contributed by atoms with Gasteiger partial charge in [0.2, 0.25) is 0 Å². The van der Waals surface area contributed by atoms with Crippen molar-refractivity contribution in [2.45, 2.75) is 39.2 Å². The minimum atomic E-state index is 0.224. The monoisotopic (exact) mass is 221 g/mol. The molecule has 1 aromatic heterocycles. The van der Waals surface area contributed by atoms with Crippen LogP contribution in [-0.4, -0.2) is 29.2 Å². The van der Waals surface area contributed by atoms with Crippen LogP contribution in [-0.2, 0) is 0 Å².